The van der Waals surface area contributed by atoms with Crippen molar-refractivity contribution in [3.8, 4) is 0 Å². The molecule has 2 heteroatoms. The lowest BCUT2D eigenvalue weighted by molar-refractivity contribution is 0.0599. The fourth-order valence-corrected chi connectivity index (χ4v) is 2.21. The van der Waals surface area contributed by atoms with Gasteiger partial charge in [-0.1, -0.05) is 42.5 Å². The van der Waals surface area contributed by atoms with E-state index < -0.39 is 0 Å². The molecule has 2 rings (SSSR count). The molecule has 98 valence electrons. The molecule has 0 amide bonds. The van der Waals surface area contributed by atoms with Gasteiger partial charge in [0.15, 0.2) is 0 Å². The Bertz CT molecular complexity index is 573. The summed E-state index contributed by atoms with van der Waals surface area (Å²) in [6.07, 6.45) is 1.77. The van der Waals surface area contributed by atoms with Crippen molar-refractivity contribution in [3.05, 3.63) is 70.8 Å². The Morgan fingerprint density at radius 1 is 0.947 bits per heavy atom. The summed E-state index contributed by atoms with van der Waals surface area (Å²) in [5, 5.41) is 0. The molecule has 19 heavy (non-hydrogen) atoms. The molecule has 0 aliphatic heterocycles. The molecule has 2 nitrogen and oxygen atoms in total. The smallest absolute Gasteiger partial charge is 0.338 e. The highest BCUT2D eigenvalue weighted by Crippen LogP contribution is 2.15. The van der Waals surface area contributed by atoms with Crippen LogP contribution in [0.15, 0.2) is 48.5 Å². The van der Waals surface area contributed by atoms with Gasteiger partial charge in [-0.25, -0.2) is 4.79 Å². The van der Waals surface area contributed by atoms with E-state index in [9.17, 15) is 4.79 Å². The van der Waals surface area contributed by atoms with Gasteiger partial charge in [0, 0.05) is 0 Å². The summed E-state index contributed by atoms with van der Waals surface area (Å²) < 4.78 is 4.81. The van der Waals surface area contributed by atoms with Crippen molar-refractivity contribution < 1.29 is 9.53 Å². The van der Waals surface area contributed by atoms with Gasteiger partial charge < -0.3 is 4.74 Å². The molecule has 0 saturated carbocycles. The van der Waals surface area contributed by atoms with Crippen LogP contribution in [0.2, 0.25) is 0 Å². The second-order valence-electron chi connectivity index (χ2n) is 4.58. The Hall–Kier alpha value is -2.09. The van der Waals surface area contributed by atoms with Crippen LogP contribution in [0.5, 0.6) is 0 Å². The molecule has 0 aliphatic carbocycles. The topological polar surface area (TPSA) is 26.3 Å². The minimum Gasteiger partial charge on any atom is -0.465 e. The minimum atomic E-state index is -0.264. The first-order valence-electron chi connectivity index (χ1n) is 6.43. The van der Waals surface area contributed by atoms with E-state index in [1.54, 1.807) is 0 Å². The molecule has 0 bridgehead atoms. The predicted octanol–water partition coefficient (Wildman–Crippen LogP) is 3.57. The summed E-state index contributed by atoms with van der Waals surface area (Å²) >= 11 is 0. The van der Waals surface area contributed by atoms with Crippen LogP contribution in [0.25, 0.3) is 0 Å². The molecule has 2 aromatic rings. The number of carbonyl (C=O) groups excluding carboxylic acids is 1. The van der Waals surface area contributed by atoms with Gasteiger partial charge in [-0.3, -0.25) is 0 Å². The third kappa shape index (κ3) is 3.22. The summed E-state index contributed by atoms with van der Waals surface area (Å²) in [7, 11) is 1.42. The van der Waals surface area contributed by atoms with Crippen LogP contribution >= 0.6 is 0 Å². The molecule has 0 radical (unpaired) electrons. The Morgan fingerprint density at radius 3 is 2.21 bits per heavy atom. The molecule has 0 aliphatic rings. The van der Waals surface area contributed by atoms with E-state index in [1.807, 2.05) is 30.3 Å². The van der Waals surface area contributed by atoms with Gasteiger partial charge >= 0.3 is 5.97 Å². The van der Waals surface area contributed by atoms with Gasteiger partial charge in [-0.15, -0.1) is 0 Å². The molecule has 0 fully saturated rings. The Labute approximate surface area is 114 Å². The third-order valence-corrected chi connectivity index (χ3v) is 3.35. The van der Waals surface area contributed by atoms with Crippen LogP contribution in [-0.4, -0.2) is 13.1 Å². The summed E-state index contributed by atoms with van der Waals surface area (Å²) in [6.45, 7) is 2.11. The lowest BCUT2D eigenvalue weighted by Gasteiger charge is -2.09. The van der Waals surface area contributed by atoms with Gasteiger partial charge in [0.25, 0.3) is 0 Å². The maximum atomic E-state index is 11.7. The van der Waals surface area contributed by atoms with Crippen molar-refractivity contribution in [3.63, 3.8) is 0 Å². The SMILES string of the molecule is COC(=O)c1ccccc1CCc1ccccc1C. The van der Waals surface area contributed by atoms with Gasteiger partial charge in [0.2, 0.25) is 0 Å². The third-order valence-electron chi connectivity index (χ3n) is 3.35. The van der Waals surface area contributed by atoms with Crippen LogP contribution in [0.3, 0.4) is 0 Å². The van der Waals surface area contributed by atoms with E-state index in [2.05, 4.69) is 25.1 Å². The van der Waals surface area contributed by atoms with Crippen LogP contribution in [-0.2, 0) is 17.6 Å². The fourth-order valence-electron chi connectivity index (χ4n) is 2.21. The zero-order valence-electron chi connectivity index (χ0n) is 11.3. The second kappa shape index (κ2) is 6.19. The van der Waals surface area contributed by atoms with E-state index >= 15 is 0 Å². The summed E-state index contributed by atoms with van der Waals surface area (Å²) in [5.74, 6) is -0.264. The van der Waals surface area contributed by atoms with E-state index in [1.165, 1.54) is 18.2 Å². The van der Waals surface area contributed by atoms with Gasteiger partial charge in [0.1, 0.15) is 0 Å². The number of hydrogen-bond acceptors (Lipinski definition) is 2. The molecule has 0 unspecified atom stereocenters. The van der Waals surface area contributed by atoms with E-state index in [-0.39, 0.29) is 5.97 Å². The number of aryl methyl sites for hydroxylation is 3. The maximum Gasteiger partial charge on any atom is 0.338 e. The Morgan fingerprint density at radius 2 is 1.53 bits per heavy atom. The van der Waals surface area contributed by atoms with Crippen LogP contribution in [0.4, 0.5) is 0 Å². The number of ether oxygens (including phenoxy) is 1. The number of hydrogen-bond donors (Lipinski definition) is 0. The van der Waals surface area contributed by atoms with Crippen molar-refractivity contribution in [2.75, 3.05) is 7.11 Å². The molecular weight excluding hydrogens is 236 g/mol. The lowest BCUT2D eigenvalue weighted by atomic mass is 9.97. The summed E-state index contributed by atoms with van der Waals surface area (Å²) in [6, 6.07) is 16.0. The van der Waals surface area contributed by atoms with Gasteiger partial charge in [-0.2, -0.15) is 0 Å². The van der Waals surface area contributed by atoms with Gasteiger partial charge in [-0.05, 0) is 42.5 Å². The van der Waals surface area contributed by atoms with E-state index in [0.717, 1.165) is 18.4 Å². The normalized spacial score (nSPS) is 10.2. The largest absolute Gasteiger partial charge is 0.465 e. The second-order valence-corrected chi connectivity index (χ2v) is 4.58. The van der Waals surface area contributed by atoms with E-state index in [4.69, 9.17) is 4.74 Å². The maximum absolute atomic E-state index is 11.7. The van der Waals surface area contributed by atoms with Crippen molar-refractivity contribution in [2.45, 2.75) is 19.8 Å². The minimum absolute atomic E-state index is 0.264. The van der Waals surface area contributed by atoms with Crippen molar-refractivity contribution in [1.29, 1.82) is 0 Å². The molecule has 0 spiro atoms. The summed E-state index contributed by atoms with van der Waals surface area (Å²) in [4.78, 5) is 11.7. The zero-order chi connectivity index (χ0) is 13.7. The van der Waals surface area contributed by atoms with Crippen LogP contribution in [0, 0.1) is 6.92 Å². The number of esters is 1. The van der Waals surface area contributed by atoms with Crippen molar-refractivity contribution in [1.82, 2.24) is 0 Å². The quantitative estimate of drug-likeness (QED) is 0.780. The first kappa shape index (κ1) is 13.3. The van der Waals surface area contributed by atoms with Crippen LogP contribution < -0.4 is 0 Å². The number of rotatable bonds is 4. The molecule has 0 atom stereocenters. The number of benzene rings is 2. The highest BCUT2D eigenvalue weighted by atomic mass is 16.5. The number of carbonyl (C=O) groups is 1. The van der Waals surface area contributed by atoms with Gasteiger partial charge in [0.05, 0.1) is 12.7 Å². The van der Waals surface area contributed by atoms with Crippen LogP contribution in [0.1, 0.15) is 27.0 Å². The molecular formula is C17H18O2. The first-order chi connectivity index (χ1) is 9.22. The molecule has 0 aromatic heterocycles. The monoisotopic (exact) mass is 254 g/mol. The average molecular weight is 254 g/mol. The fraction of sp³-hybridized carbons (Fsp3) is 0.235. The summed E-state index contributed by atoms with van der Waals surface area (Å²) in [5.41, 5.74) is 4.32. The highest BCUT2D eigenvalue weighted by molar-refractivity contribution is 5.90. The lowest BCUT2D eigenvalue weighted by Crippen LogP contribution is -2.06. The predicted molar refractivity (Wildman–Crippen MR) is 76.4 cm³/mol. The molecule has 0 heterocycles. The Kier molecular flexibility index (Phi) is 4.35. The number of methoxy groups -OCH3 is 1. The first-order valence-corrected chi connectivity index (χ1v) is 6.43. The van der Waals surface area contributed by atoms with E-state index in [0.29, 0.717) is 5.56 Å². The standard InChI is InChI=1S/C17H18O2/c1-13-7-3-4-8-14(13)11-12-15-9-5-6-10-16(15)17(18)19-2/h3-10H,11-12H2,1-2H3. The van der Waals surface area contributed by atoms with Crippen molar-refractivity contribution >= 4 is 5.97 Å². The molecule has 2 aromatic carbocycles. The Balaban J connectivity index is 2.16. The average Bonchev–Trinajstić information content (AvgIpc) is 2.46. The zero-order valence-corrected chi connectivity index (χ0v) is 11.3. The van der Waals surface area contributed by atoms with Crippen molar-refractivity contribution in [2.24, 2.45) is 0 Å². The highest BCUT2D eigenvalue weighted by Gasteiger charge is 2.10. The molecule has 0 saturated heterocycles. The molecule has 0 N–H and O–H groups in total.